The third kappa shape index (κ3) is 4.34. The van der Waals surface area contributed by atoms with Gasteiger partial charge in [-0.3, -0.25) is 9.67 Å². The minimum Gasteiger partial charge on any atom is -0.373 e. The molecule has 0 amide bonds. The molecule has 9 nitrogen and oxygen atoms in total. The van der Waals surface area contributed by atoms with Gasteiger partial charge in [0, 0.05) is 31.1 Å². The number of hydrogen-bond acceptors (Lipinski definition) is 8. The van der Waals surface area contributed by atoms with Gasteiger partial charge >= 0.3 is 0 Å². The molecule has 0 radical (unpaired) electrons. The van der Waals surface area contributed by atoms with Crippen molar-refractivity contribution in [2.45, 2.75) is 31.6 Å². The molecule has 0 bridgehead atoms. The highest BCUT2D eigenvalue weighted by Crippen LogP contribution is 2.35. The van der Waals surface area contributed by atoms with E-state index in [0.717, 1.165) is 23.4 Å². The Labute approximate surface area is 185 Å². The van der Waals surface area contributed by atoms with Crippen LogP contribution >= 0.6 is 11.6 Å². The summed E-state index contributed by atoms with van der Waals surface area (Å²) < 4.78 is 13.9. The van der Waals surface area contributed by atoms with Crippen molar-refractivity contribution >= 4 is 29.1 Å². The fourth-order valence-electron chi connectivity index (χ4n) is 4.08. The summed E-state index contributed by atoms with van der Waals surface area (Å²) in [6.45, 7) is 3.21. The van der Waals surface area contributed by atoms with Crippen molar-refractivity contribution in [1.82, 2.24) is 24.7 Å². The summed E-state index contributed by atoms with van der Waals surface area (Å²) in [4.78, 5) is 13.3. The van der Waals surface area contributed by atoms with Gasteiger partial charge in [0.15, 0.2) is 5.82 Å². The van der Waals surface area contributed by atoms with Crippen LogP contribution in [0, 0.1) is 12.8 Å². The van der Waals surface area contributed by atoms with E-state index in [0.29, 0.717) is 30.0 Å². The van der Waals surface area contributed by atoms with Gasteiger partial charge in [-0.15, -0.1) is 0 Å². The molecule has 162 valence electrons. The third-order valence-corrected chi connectivity index (χ3v) is 5.90. The first-order valence-electron chi connectivity index (χ1n) is 10.2. The molecule has 3 aromatic rings. The summed E-state index contributed by atoms with van der Waals surface area (Å²) in [5, 5.41) is 11.1. The van der Waals surface area contributed by atoms with Gasteiger partial charge in [0.1, 0.15) is 11.1 Å². The molecule has 0 spiro atoms. The third-order valence-electron chi connectivity index (χ3n) is 5.63. The Morgan fingerprint density at radius 2 is 2.00 bits per heavy atom. The van der Waals surface area contributed by atoms with Gasteiger partial charge in [-0.25, -0.2) is 4.98 Å². The second-order valence-corrected chi connectivity index (χ2v) is 8.46. The quantitative estimate of drug-likeness (QED) is 0.602. The van der Waals surface area contributed by atoms with Gasteiger partial charge in [-0.1, -0.05) is 17.7 Å². The van der Waals surface area contributed by atoms with Crippen LogP contribution in [0.4, 0.5) is 17.5 Å². The van der Waals surface area contributed by atoms with Crippen molar-refractivity contribution in [2.75, 3.05) is 23.8 Å². The second kappa shape index (κ2) is 8.41. The second-order valence-electron chi connectivity index (χ2n) is 8.06. The van der Waals surface area contributed by atoms with Crippen LogP contribution in [0.3, 0.4) is 0 Å². The lowest BCUT2D eigenvalue weighted by Gasteiger charge is -2.19. The summed E-state index contributed by atoms with van der Waals surface area (Å²) in [6, 6.07) is 4.12. The van der Waals surface area contributed by atoms with Gasteiger partial charge in [-0.05, 0) is 25.0 Å². The van der Waals surface area contributed by atoms with E-state index in [4.69, 9.17) is 21.1 Å². The number of halogens is 1. The molecule has 0 saturated carbocycles. The van der Waals surface area contributed by atoms with E-state index in [9.17, 15) is 0 Å². The highest BCUT2D eigenvalue weighted by molar-refractivity contribution is 6.32. The molecule has 2 N–H and O–H groups in total. The average Bonchev–Trinajstić information content (AvgIpc) is 3.45. The Bertz CT molecular complexity index is 1060. The molecule has 2 aliphatic rings. The topological polar surface area (TPSA) is 99.0 Å². The molecule has 2 fully saturated rings. The lowest BCUT2D eigenvalue weighted by Crippen LogP contribution is -2.35. The van der Waals surface area contributed by atoms with E-state index in [1.54, 1.807) is 17.1 Å². The standard InChI is InChI=1S/C21H24ClN7O2/c1-12-3-4-14(23-6-12)5-13-10-30-19-17(11-31-18(13)19)27-20-16(22)8-24-21(28-20)26-15-7-25-29(2)9-15/h3-4,6-9,13,17-19H,5,10-11H2,1-2H3,(H2,24,26,27,28)/t13-,17+,18?,19?/m0/s1. The van der Waals surface area contributed by atoms with E-state index in [1.165, 1.54) is 0 Å². The Balaban J connectivity index is 1.25. The number of anilines is 3. The van der Waals surface area contributed by atoms with Crippen LogP contribution in [0.1, 0.15) is 11.3 Å². The summed E-state index contributed by atoms with van der Waals surface area (Å²) in [5.74, 6) is 1.26. The molecule has 2 unspecified atom stereocenters. The molecule has 4 atom stereocenters. The van der Waals surface area contributed by atoms with E-state index in [2.05, 4.69) is 42.8 Å². The highest BCUT2D eigenvalue weighted by Gasteiger charge is 2.47. The number of nitrogens with one attached hydrogen (secondary N) is 2. The minimum absolute atomic E-state index is 0.0224. The van der Waals surface area contributed by atoms with Crippen molar-refractivity contribution in [3.8, 4) is 0 Å². The predicted octanol–water partition coefficient (Wildman–Crippen LogP) is 2.75. The molecule has 10 heteroatoms. The summed E-state index contributed by atoms with van der Waals surface area (Å²) >= 11 is 6.35. The lowest BCUT2D eigenvalue weighted by atomic mass is 9.95. The number of aryl methyl sites for hydroxylation is 2. The Morgan fingerprint density at radius 3 is 2.77 bits per heavy atom. The van der Waals surface area contributed by atoms with E-state index < -0.39 is 0 Å². The van der Waals surface area contributed by atoms with Crippen molar-refractivity contribution in [2.24, 2.45) is 13.0 Å². The molecule has 5 rings (SSSR count). The van der Waals surface area contributed by atoms with Crippen LogP contribution in [0.15, 0.2) is 36.9 Å². The number of pyridine rings is 1. The number of aromatic nitrogens is 5. The molecule has 5 heterocycles. The number of nitrogens with zero attached hydrogens (tertiary/aromatic N) is 5. The fraction of sp³-hybridized carbons (Fsp3) is 0.429. The zero-order chi connectivity index (χ0) is 21.4. The molecule has 2 saturated heterocycles. The Hall–Kier alpha value is -2.75. The first-order chi connectivity index (χ1) is 15.0. The van der Waals surface area contributed by atoms with Crippen LogP contribution in [-0.4, -0.2) is 56.2 Å². The van der Waals surface area contributed by atoms with Crippen molar-refractivity contribution in [3.63, 3.8) is 0 Å². The Kier molecular flexibility index (Phi) is 5.47. The summed E-state index contributed by atoms with van der Waals surface area (Å²) in [5.41, 5.74) is 3.02. The maximum absolute atomic E-state index is 6.35. The summed E-state index contributed by atoms with van der Waals surface area (Å²) in [7, 11) is 1.85. The zero-order valence-electron chi connectivity index (χ0n) is 17.3. The first kappa shape index (κ1) is 20.2. The van der Waals surface area contributed by atoms with Crippen molar-refractivity contribution in [1.29, 1.82) is 0 Å². The Morgan fingerprint density at radius 1 is 1.13 bits per heavy atom. The normalized spacial score (nSPS) is 24.9. The summed E-state index contributed by atoms with van der Waals surface area (Å²) in [6.07, 6.45) is 7.82. The molecular formula is C21H24ClN7O2. The SMILES string of the molecule is Cc1ccc(C[C@H]2COC3C2OC[C@H]3Nc2nc(Nc3cnn(C)c3)ncc2Cl)nc1. The van der Waals surface area contributed by atoms with Crippen LogP contribution < -0.4 is 10.6 Å². The van der Waals surface area contributed by atoms with E-state index >= 15 is 0 Å². The average molecular weight is 442 g/mol. The smallest absolute Gasteiger partial charge is 0.229 e. The fourth-order valence-corrected chi connectivity index (χ4v) is 4.23. The minimum atomic E-state index is -0.0591. The first-order valence-corrected chi connectivity index (χ1v) is 10.6. The molecule has 3 aromatic heterocycles. The lowest BCUT2D eigenvalue weighted by molar-refractivity contribution is 0.0631. The van der Waals surface area contributed by atoms with Gasteiger partial charge in [0.05, 0.1) is 43.4 Å². The van der Waals surface area contributed by atoms with Crippen LogP contribution in [0.25, 0.3) is 0 Å². The van der Waals surface area contributed by atoms with Crippen molar-refractivity contribution < 1.29 is 9.47 Å². The molecule has 0 aromatic carbocycles. The molecule has 2 aliphatic heterocycles. The van der Waals surface area contributed by atoms with Gasteiger partial charge < -0.3 is 20.1 Å². The maximum atomic E-state index is 6.35. The largest absolute Gasteiger partial charge is 0.373 e. The predicted molar refractivity (Wildman–Crippen MR) is 117 cm³/mol. The number of rotatable bonds is 6. The van der Waals surface area contributed by atoms with Gasteiger partial charge in [-0.2, -0.15) is 10.1 Å². The molecule has 31 heavy (non-hydrogen) atoms. The zero-order valence-corrected chi connectivity index (χ0v) is 18.1. The van der Waals surface area contributed by atoms with E-state index in [1.807, 2.05) is 26.4 Å². The van der Waals surface area contributed by atoms with E-state index in [-0.39, 0.29) is 24.2 Å². The van der Waals surface area contributed by atoms with Gasteiger partial charge in [0.25, 0.3) is 0 Å². The number of ether oxygens (including phenoxy) is 2. The van der Waals surface area contributed by atoms with Crippen LogP contribution in [-0.2, 0) is 22.9 Å². The van der Waals surface area contributed by atoms with Gasteiger partial charge in [0.2, 0.25) is 5.95 Å². The monoisotopic (exact) mass is 441 g/mol. The number of hydrogen-bond donors (Lipinski definition) is 2. The molecule has 0 aliphatic carbocycles. The maximum Gasteiger partial charge on any atom is 0.229 e. The highest BCUT2D eigenvalue weighted by atomic mass is 35.5. The molecular weight excluding hydrogens is 418 g/mol. The van der Waals surface area contributed by atoms with Crippen LogP contribution in [0.2, 0.25) is 5.02 Å². The number of fused-ring (bicyclic) bond motifs is 1. The van der Waals surface area contributed by atoms with Crippen molar-refractivity contribution in [3.05, 3.63) is 53.2 Å². The van der Waals surface area contributed by atoms with Crippen LogP contribution in [0.5, 0.6) is 0 Å².